The number of furan rings is 1. The monoisotopic (exact) mass is 637 g/mol. The van der Waals surface area contributed by atoms with Crippen LogP contribution in [0.5, 0.6) is 0 Å². The fourth-order valence-corrected chi connectivity index (χ4v) is 5.94. The van der Waals surface area contributed by atoms with Crippen LogP contribution < -0.4 is 0 Å². The Bertz CT molecular complexity index is 3010. The number of rotatable bonds is 6. The molecule has 0 unspecified atom stereocenters. The SMILES string of the molecule is [2H]c1c([2H])c([2H])c(-c2nc(-c3c([2H])c([2H])c([2H])c([2H])c3[2H])nc(-c3cccc4c3oc3ccc(-c5ccc(-c6ccc(-c7ccccc7)cc6)cc5)cc34)n2)c([2H])c1[2H]. The number of fused-ring (bicyclic) bond motifs is 3. The van der Waals surface area contributed by atoms with E-state index in [4.69, 9.17) is 18.1 Å². The van der Waals surface area contributed by atoms with Gasteiger partial charge in [0.15, 0.2) is 17.5 Å². The molecule has 0 saturated heterocycles. The largest absolute Gasteiger partial charge is 0.455 e. The van der Waals surface area contributed by atoms with Crippen molar-refractivity contribution in [3.8, 4) is 67.5 Å². The molecule has 230 valence electrons. The third-order valence-corrected chi connectivity index (χ3v) is 8.36. The van der Waals surface area contributed by atoms with Crippen LogP contribution in [0.15, 0.2) is 180 Å². The number of aromatic nitrogens is 3. The second kappa shape index (κ2) is 12.2. The fraction of sp³-hybridized carbons (Fsp3) is 0. The average molecular weight is 638 g/mol. The van der Waals surface area contributed by atoms with Gasteiger partial charge in [-0.15, -0.1) is 0 Å². The summed E-state index contributed by atoms with van der Waals surface area (Å²) in [6.07, 6.45) is 0. The van der Waals surface area contributed by atoms with Gasteiger partial charge in [0.2, 0.25) is 0 Å². The highest BCUT2D eigenvalue weighted by Crippen LogP contribution is 2.38. The Labute approximate surface area is 298 Å². The van der Waals surface area contributed by atoms with Gasteiger partial charge in [-0.05, 0) is 51.6 Å². The van der Waals surface area contributed by atoms with Crippen molar-refractivity contribution in [2.75, 3.05) is 0 Å². The molecular weight excluding hydrogens is 599 g/mol. The lowest BCUT2D eigenvalue weighted by Gasteiger charge is -2.08. The minimum Gasteiger partial charge on any atom is -0.455 e. The predicted molar refractivity (Wildman–Crippen MR) is 200 cm³/mol. The first-order valence-electron chi connectivity index (χ1n) is 20.5. The summed E-state index contributed by atoms with van der Waals surface area (Å²) in [5, 5.41) is 1.51. The van der Waals surface area contributed by atoms with Crippen molar-refractivity contribution in [2.45, 2.75) is 0 Å². The highest BCUT2D eigenvalue weighted by Gasteiger charge is 2.18. The zero-order valence-electron chi connectivity index (χ0n) is 35.7. The van der Waals surface area contributed by atoms with Crippen LogP contribution in [0.4, 0.5) is 0 Å². The number of nitrogens with zero attached hydrogens (tertiary/aromatic N) is 3. The van der Waals surface area contributed by atoms with E-state index < -0.39 is 60.4 Å². The molecule has 49 heavy (non-hydrogen) atoms. The van der Waals surface area contributed by atoms with Crippen LogP contribution in [-0.2, 0) is 0 Å². The van der Waals surface area contributed by atoms with Crippen molar-refractivity contribution < 1.29 is 18.1 Å². The molecule has 0 N–H and O–H groups in total. The van der Waals surface area contributed by atoms with Gasteiger partial charge in [-0.2, -0.15) is 0 Å². The first-order chi connectivity index (χ1) is 28.4. The van der Waals surface area contributed by atoms with Gasteiger partial charge < -0.3 is 4.42 Å². The summed E-state index contributed by atoms with van der Waals surface area (Å²) in [6.45, 7) is 0. The molecule has 2 aromatic heterocycles. The van der Waals surface area contributed by atoms with E-state index in [1.54, 1.807) is 12.1 Å². The minimum atomic E-state index is -0.616. The van der Waals surface area contributed by atoms with Crippen LogP contribution in [0.2, 0.25) is 0 Å². The Morgan fingerprint density at radius 2 is 0.878 bits per heavy atom. The van der Waals surface area contributed by atoms with Gasteiger partial charge in [-0.1, -0.05) is 157 Å². The summed E-state index contributed by atoms with van der Waals surface area (Å²) in [4.78, 5) is 13.6. The van der Waals surface area contributed by atoms with E-state index in [1.165, 1.54) is 0 Å². The van der Waals surface area contributed by atoms with E-state index >= 15 is 0 Å². The van der Waals surface area contributed by atoms with Gasteiger partial charge in [0.25, 0.3) is 0 Å². The van der Waals surface area contributed by atoms with Gasteiger partial charge in [-0.25, -0.2) is 15.0 Å². The van der Waals surface area contributed by atoms with Crippen LogP contribution in [0.3, 0.4) is 0 Å². The van der Waals surface area contributed by atoms with Gasteiger partial charge >= 0.3 is 0 Å². The Kier molecular flexibility index (Phi) is 4.94. The van der Waals surface area contributed by atoms with Crippen LogP contribution in [0.25, 0.3) is 89.5 Å². The molecule has 7 aromatic carbocycles. The summed E-state index contributed by atoms with van der Waals surface area (Å²) in [5.74, 6) is -0.763. The number of hydrogen-bond donors (Lipinski definition) is 0. The molecule has 9 aromatic rings. The molecule has 0 bridgehead atoms. The van der Waals surface area contributed by atoms with E-state index in [0.29, 0.717) is 22.1 Å². The van der Waals surface area contributed by atoms with Crippen LogP contribution in [-0.4, -0.2) is 15.0 Å². The van der Waals surface area contributed by atoms with E-state index in [-0.39, 0.29) is 28.6 Å². The lowest BCUT2D eigenvalue weighted by molar-refractivity contribution is 0.669. The Morgan fingerprint density at radius 1 is 0.388 bits per heavy atom. The van der Waals surface area contributed by atoms with Gasteiger partial charge in [0.05, 0.1) is 19.3 Å². The Balaban J connectivity index is 1.16. The van der Waals surface area contributed by atoms with Crippen LogP contribution >= 0.6 is 0 Å². The second-order valence-electron chi connectivity index (χ2n) is 11.3. The Morgan fingerprint density at radius 3 is 1.45 bits per heavy atom. The van der Waals surface area contributed by atoms with Crippen molar-refractivity contribution in [1.29, 1.82) is 0 Å². The summed E-state index contributed by atoms with van der Waals surface area (Å²) in [7, 11) is 0. The highest BCUT2D eigenvalue weighted by atomic mass is 16.3. The minimum absolute atomic E-state index is 0.0686. The zero-order valence-corrected chi connectivity index (χ0v) is 25.7. The fourth-order valence-electron chi connectivity index (χ4n) is 5.94. The third-order valence-electron chi connectivity index (χ3n) is 8.36. The maximum atomic E-state index is 8.64. The molecule has 2 heterocycles. The topological polar surface area (TPSA) is 51.8 Å². The molecular formula is C45H29N3O. The first-order valence-corrected chi connectivity index (χ1v) is 15.5. The highest BCUT2D eigenvalue weighted by molar-refractivity contribution is 6.10. The molecule has 0 aliphatic carbocycles. The third kappa shape index (κ3) is 5.45. The zero-order chi connectivity index (χ0) is 41.3. The molecule has 0 fully saturated rings. The van der Waals surface area contributed by atoms with Crippen molar-refractivity contribution in [1.82, 2.24) is 15.0 Å². The van der Waals surface area contributed by atoms with Crippen molar-refractivity contribution in [3.05, 3.63) is 176 Å². The van der Waals surface area contributed by atoms with Crippen LogP contribution in [0, 0.1) is 0 Å². The summed E-state index contributed by atoms with van der Waals surface area (Å²) in [6, 6.07) is 32.2. The van der Waals surface area contributed by atoms with Crippen molar-refractivity contribution >= 4 is 21.9 Å². The quantitative estimate of drug-likeness (QED) is 0.182. The Hall–Kier alpha value is -6.65. The summed E-state index contributed by atoms with van der Waals surface area (Å²) >= 11 is 0. The molecule has 0 spiro atoms. The predicted octanol–water partition coefficient (Wildman–Crippen LogP) is 11.8. The molecule has 4 nitrogen and oxygen atoms in total. The maximum Gasteiger partial charge on any atom is 0.167 e. The molecule has 0 amide bonds. The average Bonchev–Trinajstić information content (AvgIpc) is 3.65. The maximum absolute atomic E-state index is 8.64. The van der Waals surface area contributed by atoms with Crippen molar-refractivity contribution in [3.63, 3.8) is 0 Å². The molecule has 9 rings (SSSR count). The number of hydrogen-bond acceptors (Lipinski definition) is 4. The van der Waals surface area contributed by atoms with E-state index in [2.05, 4.69) is 75.6 Å². The van der Waals surface area contributed by atoms with E-state index in [1.807, 2.05) is 42.5 Å². The van der Waals surface area contributed by atoms with Gasteiger partial charge in [-0.3, -0.25) is 0 Å². The summed E-state index contributed by atoms with van der Waals surface area (Å²) in [5.41, 5.74) is 7.02. The van der Waals surface area contributed by atoms with E-state index in [0.717, 1.165) is 38.8 Å². The summed E-state index contributed by atoms with van der Waals surface area (Å²) < 4.78 is 90.3. The number of benzene rings is 7. The molecule has 4 heteroatoms. The number of para-hydroxylation sites is 1. The molecule has 0 aliphatic heterocycles. The van der Waals surface area contributed by atoms with Gasteiger partial charge in [0.1, 0.15) is 11.2 Å². The molecule has 0 aliphatic rings. The molecule has 0 saturated carbocycles. The smallest absolute Gasteiger partial charge is 0.167 e. The lowest BCUT2D eigenvalue weighted by Crippen LogP contribution is -2.00. The lowest BCUT2D eigenvalue weighted by atomic mass is 9.97. The molecule has 0 atom stereocenters. The first kappa shape index (κ1) is 19.9. The molecule has 0 radical (unpaired) electrons. The van der Waals surface area contributed by atoms with Crippen molar-refractivity contribution in [2.24, 2.45) is 0 Å². The van der Waals surface area contributed by atoms with Crippen LogP contribution in [0.1, 0.15) is 13.7 Å². The standard InChI is InChI=1S/C45H29N3O/c1-4-11-30(12-5-1)31-19-21-32(22-20-31)33-23-25-34(26-24-33)37-27-28-41-40(29-37)38-17-10-18-39(42(38)49-41)45-47-43(35-13-6-2-7-14-35)46-44(48-45)36-15-8-3-9-16-36/h1-29H/i2D,3D,6D,7D,8D,9D,13D,14D,15D,16D. The van der Waals surface area contributed by atoms with E-state index in [9.17, 15) is 0 Å². The van der Waals surface area contributed by atoms with Gasteiger partial charge in [0, 0.05) is 21.9 Å². The normalized spacial score (nSPS) is 14.1. The second-order valence-corrected chi connectivity index (χ2v) is 11.3.